The van der Waals surface area contributed by atoms with E-state index in [0.29, 0.717) is 24.2 Å². The Hall–Kier alpha value is -1.43. The lowest BCUT2D eigenvalue weighted by molar-refractivity contribution is -0.123. The minimum absolute atomic E-state index is 0.101. The molecule has 0 aliphatic carbocycles. The predicted molar refractivity (Wildman–Crippen MR) is 114 cm³/mol. The van der Waals surface area contributed by atoms with Crippen LogP contribution >= 0.6 is 0 Å². The van der Waals surface area contributed by atoms with E-state index < -0.39 is 0 Å². The molecule has 3 fully saturated rings. The second-order valence-corrected chi connectivity index (χ2v) is 9.21. The summed E-state index contributed by atoms with van der Waals surface area (Å²) in [6.07, 6.45) is 5.09. The number of rotatable bonds is 7. The smallest absolute Gasteiger partial charge is 0.222 e. The number of amides is 1. The van der Waals surface area contributed by atoms with Crippen LogP contribution in [0.2, 0.25) is 0 Å². The summed E-state index contributed by atoms with van der Waals surface area (Å²) in [7, 11) is 0. The van der Waals surface area contributed by atoms with Crippen molar-refractivity contribution in [2.45, 2.75) is 51.7 Å². The second kappa shape index (κ2) is 10.1. The molecule has 3 heterocycles. The van der Waals surface area contributed by atoms with Gasteiger partial charge in [0.2, 0.25) is 5.91 Å². The number of benzene rings is 1. The van der Waals surface area contributed by atoms with Gasteiger partial charge in [0.25, 0.3) is 0 Å². The molecule has 3 aliphatic heterocycles. The Morgan fingerprint density at radius 2 is 2.10 bits per heavy atom. The van der Waals surface area contributed by atoms with E-state index in [0.717, 1.165) is 71.7 Å². The number of ether oxygens (including phenoxy) is 2. The van der Waals surface area contributed by atoms with Crippen molar-refractivity contribution in [1.82, 2.24) is 10.2 Å². The van der Waals surface area contributed by atoms with Crippen LogP contribution in [0.3, 0.4) is 0 Å². The largest absolute Gasteiger partial charge is 0.381 e. The summed E-state index contributed by atoms with van der Waals surface area (Å²) in [4.78, 5) is 15.0. The molecule has 1 N–H and O–H groups in total. The van der Waals surface area contributed by atoms with Crippen molar-refractivity contribution >= 4 is 5.91 Å². The van der Waals surface area contributed by atoms with Crippen LogP contribution < -0.4 is 5.32 Å². The fourth-order valence-electron chi connectivity index (χ4n) is 5.29. The van der Waals surface area contributed by atoms with E-state index in [1.165, 1.54) is 11.1 Å². The standard InChI is InChI=1S/C24H36N2O3/c1-18-3-2-4-20(13-18)15-26-10-6-22-21(16-26)17-29-23(22)14-24(27)25-9-5-19-7-11-28-12-8-19/h2-4,13,19,21-23H,5-12,14-17H2,1H3,(H,25,27)/t21-,22-,23+/m1/s1. The van der Waals surface area contributed by atoms with E-state index in [-0.39, 0.29) is 12.0 Å². The number of carbonyl (C=O) groups is 1. The van der Waals surface area contributed by atoms with Crippen LogP contribution in [0, 0.1) is 24.7 Å². The number of nitrogens with one attached hydrogen (secondary N) is 1. The van der Waals surface area contributed by atoms with Crippen molar-refractivity contribution in [3.63, 3.8) is 0 Å². The van der Waals surface area contributed by atoms with Gasteiger partial charge in [-0.15, -0.1) is 0 Å². The first-order valence-corrected chi connectivity index (χ1v) is 11.4. The molecule has 29 heavy (non-hydrogen) atoms. The third-order valence-corrected chi connectivity index (χ3v) is 6.97. The molecular weight excluding hydrogens is 364 g/mol. The first-order chi connectivity index (χ1) is 14.2. The van der Waals surface area contributed by atoms with Gasteiger partial charge in [0, 0.05) is 38.8 Å². The van der Waals surface area contributed by atoms with E-state index in [1.54, 1.807) is 0 Å². The van der Waals surface area contributed by atoms with Crippen molar-refractivity contribution in [1.29, 1.82) is 0 Å². The van der Waals surface area contributed by atoms with Gasteiger partial charge in [0.15, 0.2) is 0 Å². The molecule has 1 aromatic rings. The van der Waals surface area contributed by atoms with E-state index in [1.807, 2.05) is 0 Å². The molecule has 1 amide bonds. The summed E-state index contributed by atoms with van der Waals surface area (Å²) in [6, 6.07) is 8.80. The van der Waals surface area contributed by atoms with Crippen LogP contribution in [0.1, 0.15) is 43.2 Å². The highest BCUT2D eigenvalue weighted by molar-refractivity contribution is 5.76. The zero-order valence-electron chi connectivity index (χ0n) is 17.8. The lowest BCUT2D eigenvalue weighted by atomic mass is 9.83. The first kappa shape index (κ1) is 20.8. The van der Waals surface area contributed by atoms with Crippen molar-refractivity contribution < 1.29 is 14.3 Å². The molecule has 0 spiro atoms. The number of piperidine rings is 1. The zero-order chi connectivity index (χ0) is 20.1. The number of aryl methyl sites for hydroxylation is 1. The molecule has 4 rings (SSSR count). The normalized spacial score (nSPS) is 28.2. The van der Waals surface area contributed by atoms with Crippen LogP contribution in [0.25, 0.3) is 0 Å². The SMILES string of the molecule is Cc1cccc(CN2CC[C@@H]3[C@@H](CO[C@H]3CC(=O)NCCC3CCOCC3)C2)c1. The molecule has 5 nitrogen and oxygen atoms in total. The lowest BCUT2D eigenvalue weighted by Crippen LogP contribution is -2.42. The Kier molecular flexibility index (Phi) is 7.22. The van der Waals surface area contributed by atoms with E-state index >= 15 is 0 Å². The highest BCUT2D eigenvalue weighted by Crippen LogP contribution is 2.36. The average molecular weight is 401 g/mol. The summed E-state index contributed by atoms with van der Waals surface area (Å²) >= 11 is 0. The molecule has 3 aliphatic rings. The Morgan fingerprint density at radius 3 is 2.93 bits per heavy atom. The molecule has 3 saturated heterocycles. The van der Waals surface area contributed by atoms with Gasteiger partial charge in [0.05, 0.1) is 19.1 Å². The Bertz CT molecular complexity index is 674. The highest BCUT2D eigenvalue weighted by Gasteiger charge is 2.41. The monoisotopic (exact) mass is 400 g/mol. The van der Waals surface area contributed by atoms with Crippen molar-refractivity contribution in [2.75, 3.05) is 39.5 Å². The van der Waals surface area contributed by atoms with Crippen molar-refractivity contribution in [3.8, 4) is 0 Å². The molecule has 3 atom stereocenters. The van der Waals surface area contributed by atoms with E-state index in [9.17, 15) is 4.79 Å². The third kappa shape index (κ3) is 5.80. The number of carbonyl (C=O) groups excluding carboxylic acids is 1. The Balaban J connectivity index is 1.18. The Morgan fingerprint density at radius 1 is 1.24 bits per heavy atom. The van der Waals surface area contributed by atoms with Crippen LogP contribution in [-0.2, 0) is 20.8 Å². The number of hydrogen-bond donors (Lipinski definition) is 1. The minimum atomic E-state index is 0.101. The van der Waals surface area contributed by atoms with Gasteiger partial charge in [0.1, 0.15) is 0 Å². The average Bonchev–Trinajstić information content (AvgIpc) is 3.11. The number of nitrogens with zero attached hydrogens (tertiary/aromatic N) is 1. The fourth-order valence-corrected chi connectivity index (χ4v) is 5.29. The maximum atomic E-state index is 12.4. The van der Waals surface area contributed by atoms with Crippen LogP contribution in [0.5, 0.6) is 0 Å². The van der Waals surface area contributed by atoms with Gasteiger partial charge < -0.3 is 14.8 Å². The van der Waals surface area contributed by atoms with Crippen molar-refractivity contribution in [2.24, 2.45) is 17.8 Å². The summed E-state index contributed by atoms with van der Waals surface area (Å²) in [6.45, 7) is 8.68. The summed E-state index contributed by atoms with van der Waals surface area (Å²) in [5.74, 6) is 1.96. The number of fused-ring (bicyclic) bond motifs is 1. The van der Waals surface area contributed by atoms with E-state index in [2.05, 4.69) is 41.4 Å². The van der Waals surface area contributed by atoms with Gasteiger partial charge >= 0.3 is 0 Å². The highest BCUT2D eigenvalue weighted by atomic mass is 16.5. The van der Waals surface area contributed by atoms with Crippen LogP contribution in [-0.4, -0.2) is 56.4 Å². The van der Waals surface area contributed by atoms with Gasteiger partial charge in [-0.2, -0.15) is 0 Å². The topological polar surface area (TPSA) is 50.8 Å². The maximum absolute atomic E-state index is 12.4. The fraction of sp³-hybridized carbons (Fsp3) is 0.708. The minimum Gasteiger partial charge on any atom is -0.381 e. The van der Waals surface area contributed by atoms with E-state index in [4.69, 9.17) is 9.47 Å². The molecule has 0 aromatic heterocycles. The molecule has 0 saturated carbocycles. The summed E-state index contributed by atoms with van der Waals surface area (Å²) in [5, 5.41) is 3.13. The number of hydrogen-bond acceptors (Lipinski definition) is 4. The second-order valence-electron chi connectivity index (χ2n) is 9.21. The number of likely N-dealkylation sites (tertiary alicyclic amines) is 1. The summed E-state index contributed by atoms with van der Waals surface area (Å²) < 4.78 is 11.5. The quantitative estimate of drug-likeness (QED) is 0.764. The molecule has 1 aromatic carbocycles. The van der Waals surface area contributed by atoms with Gasteiger partial charge in [-0.3, -0.25) is 9.69 Å². The molecular formula is C24H36N2O3. The molecule has 0 unspecified atom stereocenters. The zero-order valence-corrected chi connectivity index (χ0v) is 17.8. The van der Waals surface area contributed by atoms with Crippen LogP contribution in [0.15, 0.2) is 24.3 Å². The molecule has 0 radical (unpaired) electrons. The maximum Gasteiger partial charge on any atom is 0.222 e. The van der Waals surface area contributed by atoms with Gasteiger partial charge in [-0.1, -0.05) is 29.8 Å². The van der Waals surface area contributed by atoms with Gasteiger partial charge in [-0.25, -0.2) is 0 Å². The van der Waals surface area contributed by atoms with Crippen molar-refractivity contribution in [3.05, 3.63) is 35.4 Å². The Labute approximate surface area is 175 Å². The van der Waals surface area contributed by atoms with Gasteiger partial charge in [-0.05, 0) is 56.6 Å². The first-order valence-electron chi connectivity index (χ1n) is 11.4. The third-order valence-electron chi connectivity index (χ3n) is 6.97. The molecule has 160 valence electrons. The van der Waals surface area contributed by atoms with Crippen LogP contribution in [0.4, 0.5) is 0 Å². The molecule has 5 heteroatoms. The summed E-state index contributed by atoms with van der Waals surface area (Å²) in [5.41, 5.74) is 2.72. The predicted octanol–water partition coefficient (Wildman–Crippen LogP) is 3.15. The lowest BCUT2D eigenvalue weighted by Gasteiger charge is -2.35. The molecule has 0 bridgehead atoms.